The first-order valence-electron chi connectivity index (χ1n) is 7.13. The van der Waals surface area contributed by atoms with Gasteiger partial charge in [-0.15, -0.1) is 0 Å². The lowest BCUT2D eigenvalue weighted by Crippen LogP contribution is -2.10. The van der Waals surface area contributed by atoms with Gasteiger partial charge in [0.25, 0.3) is 0 Å². The van der Waals surface area contributed by atoms with Gasteiger partial charge in [0.1, 0.15) is 0 Å². The number of aliphatic carboxylic acids is 1. The zero-order chi connectivity index (χ0) is 15.2. The second-order valence-corrected chi connectivity index (χ2v) is 5.33. The number of allylic oxidation sites excluding steroid dienone is 1. The first kappa shape index (κ1) is 15.0. The summed E-state index contributed by atoms with van der Waals surface area (Å²) in [6.07, 6.45) is 0.550. The molecule has 0 spiro atoms. The van der Waals surface area contributed by atoms with Crippen molar-refractivity contribution in [3.05, 3.63) is 77.4 Å². The second-order valence-electron chi connectivity index (χ2n) is 5.33. The zero-order valence-electron chi connectivity index (χ0n) is 12.4. The summed E-state index contributed by atoms with van der Waals surface area (Å²) in [4.78, 5) is 11.1. The Morgan fingerprint density at radius 1 is 0.952 bits per heavy atom. The molecule has 1 unspecified atom stereocenters. The zero-order valence-corrected chi connectivity index (χ0v) is 12.4. The van der Waals surface area contributed by atoms with Crippen molar-refractivity contribution < 1.29 is 9.90 Å². The third-order valence-electron chi connectivity index (χ3n) is 3.59. The van der Waals surface area contributed by atoms with E-state index in [0.717, 1.165) is 22.3 Å². The molecule has 0 aliphatic heterocycles. The molecule has 0 aromatic heterocycles. The van der Waals surface area contributed by atoms with Gasteiger partial charge in [-0.1, -0.05) is 73.2 Å². The van der Waals surface area contributed by atoms with Crippen LogP contribution >= 0.6 is 0 Å². The van der Waals surface area contributed by atoms with Crippen molar-refractivity contribution in [2.75, 3.05) is 0 Å². The maximum atomic E-state index is 11.1. The van der Waals surface area contributed by atoms with E-state index in [1.165, 1.54) is 0 Å². The van der Waals surface area contributed by atoms with Crippen molar-refractivity contribution in [2.45, 2.75) is 20.3 Å². The number of benzene rings is 2. The lowest BCUT2D eigenvalue weighted by atomic mass is 9.89. The van der Waals surface area contributed by atoms with Crippen LogP contribution in [-0.2, 0) is 4.79 Å². The number of carboxylic acid groups (broad SMARTS) is 1. The molecule has 2 rings (SSSR count). The quantitative estimate of drug-likeness (QED) is 0.867. The molecule has 0 radical (unpaired) electrons. The first-order valence-corrected chi connectivity index (χ1v) is 7.13. The summed E-state index contributed by atoms with van der Waals surface area (Å²) < 4.78 is 0. The van der Waals surface area contributed by atoms with Gasteiger partial charge in [0.15, 0.2) is 0 Å². The molecular weight excluding hydrogens is 260 g/mol. The summed E-state index contributed by atoms with van der Waals surface area (Å²) in [7, 11) is 0. The number of rotatable bonds is 5. The monoisotopic (exact) mass is 280 g/mol. The predicted molar refractivity (Wildman–Crippen MR) is 86.0 cm³/mol. The minimum atomic E-state index is -0.755. The second kappa shape index (κ2) is 6.89. The van der Waals surface area contributed by atoms with Gasteiger partial charge >= 0.3 is 5.97 Å². The molecule has 0 bridgehead atoms. The third kappa shape index (κ3) is 3.82. The minimum Gasteiger partial charge on any atom is -0.481 e. The van der Waals surface area contributed by atoms with Gasteiger partial charge in [-0.05, 0) is 30.0 Å². The molecule has 108 valence electrons. The van der Waals surface area contributed by atoms with Gasteiger partial charge in [-0.3, -0.25) is 4.79 Å². The average molecular weight is 280 g/mol. The van der Waals surface area contributed by atoms with E-state index in [4.69, 9.17) is 5.11 Å². The summed E-state index contributed by atoms with van der Waals surface area (Å²) in [6, 6.07) is 20.3. The summed E-state index contributed by atoms with van der Waals surface area (Å²) in [5.74, 6) is -1.14. The highest BCUT2D eigenvalue weighted by molar-refractivity contribution is 5.82. The van der Waals surface area contributed by atoms with Crippen LogP contribution < -0.4 is 0 Å². The normalized spacial score (nSPS) is 11.7. The van der Waals surface area contributed by atoms with Gasteiger partial charge in [0.2, 0.25) is 0 Å². The van der Waals surface area contributed by atoms with Crippen molar-refractivity contribution in [1.29, 1.82) is 0 Å². The maximum Gasteiger partial charge on any atom is 0.306 e. The highest BCUT2D eigenvalue weighted by Gasteiger charge is 2.15. The van der Waals surface area contributed by atoms with Crippen LogP contribution in [0.15, 0.2) is 66.2 Å². The predicted octanol–water partition coefficient (Wildman–Crippen LogP) is 4.62. The van der Waals surface area contributed by atoms with Crippen molar-refractivity contribution in [3.8, 4) is 0 Å². The van der Waals surface area contributed by atoms with E-state index in [9.17, 15) is 4.79 Å². The van der Waals surface area contributed by atoms with E-state index in [1.807, 2.05) is 43.3 Å². The summed E-state index contributed by atoms with van der Waals surface area (Å²) >= 11 is 0. The summed E-state index contributed by atoms with van der Waals surface area (Å²) in [6.45, 7) is 3.77. The lowest BCUT2D eigenvalue weighted by molar-refractivity contribution is -0.141. The Bertz CT molecular complexity index is 586. The molecule has 2 heteroatoms. The number of hydrogen-bond acceptors (Lipinski definition) is 1. The highest BCUT2D eigenvalue weighted by atomic mass is 16.4. The fourth-order valence-electron chi connectivity index (χ4n) is 2.52. The van der Waals surface area contributed by atoms with Gasteiger partial charge in [-0.25, -0.2) is 0 Å². The smallest absolute Gasteiger partial charge is 0.306 e. The topological polar surface area (TPSA) is 37.3 Å². The van der Waals surface area contributed by atoms with Crippen molar-refractivity contribution in [1.82, 2.24) is 0 Å². The highest BCUT2D eigenvalue weighted by Crippen LogP contribution is 2.29. The Labute approximate surface area is 125 Å². The molecule has 21 heavy (non-hydrogen) atoms. The molecule has 2 aromatic rings. The number of carboxylic acids is 1. The van der Waals surface area contributed by atoms with Crippen LogP contribution in [0.5, 0.6) is 0 Å². The largest absolute Gasteiger partial charge is 0.481 e. The van der Waals surface area contributed by atoms with Gasteiger partial charge < -0.3 is 5.11 Å². The van der Waals surface area contributed by atoms with Gasteiger partial charge in [0, 0.05) is 0 Å². The van der Waals surface area contributed by atoms with Crippen molar-refractivity contribution in [2.24, 2.45) is 5.92 Å². The Morgan fingerprint density at radius 2 is 1.38 bits per heavy atom. The Balaban J connectivity index is 2.48. The van der Waals surface area contributed by atoms with Crippen LogP contribution in [0, 0.1) is 5.92 Å². The molecule has 1 N–H and O–H groups in total. The lowest BCUT2D eigenvalue weighted by Gasteiger charge is -2.15. The average Bonchev–Trinajstić information content (AvgIpc) is 2.49. The molecule has 0 saturated heterocycles. The fraction of sp³-hybridized carbons (Fsp3) is 0.211. The maximum absolute atomic E-state index is 11.1. The molecule has 0 fully saturated rings. The molecule has 2 aromatic carbocycles. The first-order chi connectivity index (χ1) is 10.1. The van der Waals surface area contributed by atoms with E-state index >= 15 is 0 Å². The van der Waals surface area contributed by atoms with E-state index in [2.05, 4.69) is 24.3 Å². The van der Waals surface area contributed by atoms with Crippen molar-refractivity contribution in [3.63, 3.8) is 0 Å². The fourth-order valence-corrected chi connectivity index (χ4v) is 2.52. The Kier molecular flexibility index (Phi) is 4.94. The Morgan fingerprint density at radius 3 is 1.76 bits per heavy atom. The molecule has 0 saturated carbocycles. The molecule has 0 aliphatic rings. The minimum absolute atomic E-state index is 0.382. The van der Waals surface area contributed by atoms with E-state index in [1.54, 1.807) is 6.92 Å². The summed E-state index contributed by atoms with van der Waals surface area (Å²) in [5.41, 5.74) is 4.48. The molecule has 0 amide bonds. The SMILES string of the molecule is CC(CC(C)C(=O)O)=C(c1ccccc1)c1ccccc1. The molecule has 2 nitrogen and oxygen atoms in total. The van der Waals surface area contributed by atoms with Crippen LogP contribution in [0.25, 0.3) is 5.57 Å². The molecular formula is C19H20O2. The van der Waals surface area contributed by atoms with Crippen LogP contribution in [0.3, 0.4) is 0 Å². The van der Waals surface area contributed by atoms with Crippen LogP contribution in [-0.4, -0.2) is 11.1 Å². The van der Waals surface area contributed by atoms with Gasteiger partial charge in [-0.2, -0.15) is 0 Å². The van der Waals surface area contributed by atoms with Crippen molar-refractivity contribution >= 4 is 11.5 Å². The molecule has 1 atom stereocenters. The van der Waals surface area contributed by atoms with Gasteiger partial charge in [0.05, 0.1) is 5.92 Å². The van der Waals surface area contributed by atoms with E-state index in [0.29, 0.717) is 6.42 Å². The molecule has 0 aliphatic carbocycles. The van der Waals surface area contributed by atoms with E-state index in [-0.39, 0.29) is 5.92 Å². The summed E-state index contributed by atoms with van der Waals surface area (Å²) in [5, 5.41) is 9.13. The number of hydrogen-bond donors (Lipinski definition) is 1. The Hall–Kier alpha value is -2.35. The third-order valence-corrected chi connectivity index (χ3v) is 3.59. The van der Waals surface area contributed by atoms with E-state index < -0.39 is 5.97 Å². The standard InChI is InChI=1S/C19H20O2/c1-14(13-15(2)19(20)21)18(16-9-5-3-6-10-16)17-11-7-4-8-12-17/h3-12,15H,13H2,1-2H3,(H,20,21). The van der Waals surface area contributed by atoms with Crippen LogP contribution in [0.4, 0.5) is 0 Å². The van der Waals surface area contributed by atoms with Crippen LogP contribution in [0.2, 0.25) is 0 Å². The number of carbonyl (C=O) groups is 1. The van der Waals surface area contributed by atoms with Crippen LogP contribution in [0.1, 0.15) is 31.4 Å². The molecule has 0 heterocycles.